The van der Waals surface area contributed by atoms with Crippen LogP contribution in [0.4, 0.5) is 0 Å². The zero-order valence-corrected chi connectivity index (χ0v) is 11.8. The fourth-order valence-electron chi connectivity index (χ4n) is 1.86. The van der Waals surface area contributed by atoms with Crippen LogP contribution in [0.3, 0.4) is 0 Å². The van der Waals surface area contributed by atoms with E-state index in [1.807, 2.05) is 6.07 Å². The highest BCUT2D eigenvalue weighted by atomic mass is 35.5. The van der Waals surface area contributed by atoms with Gasteiger partial charge in [0.05, 0.1) is 6.10 Å². The van der Waals surface area contributed by atoms with Crippen LogP contribution in [-0.4, -0.2) is 11.2 Å². The smallest absolute Gasteiger partial charge is 0.0581 e. The number of aliphatic hydroxyl groups excluding tert-OH is 1. The molecule has 0 aliphatic heterocycles. The maximum Gasteiger partial charge on any atom is 0.0581 e. The van der Waals surface area contributed by atoms with Gasteiger partial charge in [0.25, 0.3) is 0 Å². The molecule has 1 aromatic rings. The third-order valence-electron chi connectivity index (χ3n) is 2.85. The van der Waals surface area contributed by atoms with Gasteiger partial charge in [0.15, 0.2) is 0 Å². The SMILES string of the molecule is CCCCCCC(O)Cc1cc(Cl)ccc1Cl. The molecular weight excluding hydrogens is 255 g/mol. The van der Waals surface area contributed by atoms with Crippen molar-refractivity contribution in [3.63, 3.8) is 0 Å². The Morgan fingerprint density at radius 3 is 2.65 bits per heavy atom. The first-order valence-electron chi connectivity index (χ1n) is 6.25. The topological polar surface area (TPSA) is 20.2 Å². The second kappa shape index (κ2) is 7.97. The first kappa shape index (κ1) is 14.8. The van der Waals surface area contributed by atoms with Gasteiger partial charge in [-0.1, -0.05) is 55.8 Å². The predicted molar refractivity (Wildman–Crippen MR) is 74.9 cm³/mol. The van der Waals surface area contributed by atoms with Gasteiger partial charge in [-0.2, -0.15) is 0 Å². The van der Waals surface area contributed by atoms with E-state index in [-0.39, 0.29) is 6.10 Å². The molecule has 0 aromatic heterocycles. The summed E-state index contributed by atoms with van der Waals surface area (Å²) < 4.78 is 0. The molecule has 0 bridgehead atoms. The molecule has 0 heterocycles. The maximum atomic E-state index is 9.92. The van der Waals surface area contributed by atoms with Gasteiger partial charge in [-0.25, -0.2) is 0 Å². The Labute approximate surface area is 114 Å². The van der Waals surface area contributed by atoms with Crippen molar-refractivity contribution in [2.45, 2.75) is 51.6 Å². The van der Waals surface area contributed by atoms with E-state index in [4.69, 9.17) is 23.2 Å². The number of aliphatic hydroxyl groups is 1. The molecule has 1 aromatic carbocycles. The molecule has 0 fully saturated rings. The molecular formula is C14H20Cl2O. The van der Waals surface area contributed by atoms with Gasteiger partial charge >= 0.3 is 0 Å². The third kappa shape index (κ3) is 5.76. The second-order valence-electron chi connectivity index (χ2n) is 4.44. The summed E-state index contributed by atoms with van der Waals surface area (Å²) in [5.74, 6) is 0. The number of benzene rings is 1. The molecule has 3 heteroatoms. The van der Waals surface area contributed by atoms with E-state index < -0.39 is 0 Å². The highest BCUT2D eigenvalue weighted by Crippen LogP contribution is 2.22. The van der Waals surface area contributed by atoms with Gasteiger partial charge in [0.1, 0.15) is 0 Å². The van der Waals surface area contributed by atoms with Gasteiger partial charge in [-0.15, -0.1) is 0 Å². The largest absolute Gasteiger partial charge is 0.393 e. The minimum Gasteiger partial charge on any atom is -0.393 e. The van der Waals surface area contributed by atoms with Crippen LogP contribution in [0.25, 0.3) is 0 Å². The molecule has 1 rings (SSSR count). The first-order chi connectivity index (χ1) is 8.13. The average molecular weight is 275 g/mol. The zero-order valence-electron chi connectivity index (χ0n) is 10.3. The summed E-state index contributed by atoms with van der Waals surface area (Å²) in [6.07, 6.45) is 5.84. The highest BCUT2D eigenvalue weighted by Gasteiger charge is 2.08. The number of hydrogen-bond acceptors (Lipinski definition) is 1. The van der Waals surface area contributed by atoms with Crippen LogP contribution in [0.15, 0.2) is 18.2 Å². The highest BCUT2D eigenvalue weighted by molar-refractivity contribution is 6.33. The molecule has 0 saturated heterocycles. The van der Waals surface area contributed by atoms with Crippen molar-refractivity contribution in [1.29, 1.82) is 0 Å². The summed E-state index contributed by atoms with van der Waals surface area (Å²) >= 11 is 12.0. The second-order valence-corrected chi connectivity index (χ2v) is 5.29. The molecule has 1 atom stereocenters. The van der Waals surface area contributed by atoms with Crippen LogP contribution >= 0.6 is 23.2 Å². The van der Waals surface area contributed by atoms with Crippen molar-refractivity contribution in [3.05, 3.63) is 33.8 Å². The van der Waals surface area contributed by atoms with E-state index in [0.29, 0.717) is 16.5 Å². The quantitative estimate of drug-likeness (QED) is 0.704. The van der Waals surface area contributed by atoms with Crippen LogP contribution in [0, 0.1) is 0 Å². The fraction of sp³-hybridized carbons (Fsp3) is 0.571. The van der Waals surface area contributed by atoms with Gasteiger partial charge in [-0.05, 0) is 36.6 Å². The molecule has 0 radical (unpaired) electrons. The Hall–Kier alpha value is -0.240. The summed E-state index contributed by atoms with van der Waals surface area (Å²) in [4.78, 5) is 0. The number of hydrogen-bond donors (Lipinski definition) is 1. The number of unbranched alkanes of at least 4 members (excludes halogenated alkanes) is 3. The normalized spacial score (nSPS) is 12.7. The van der Waals surface area contributed by atoms with E-state index in [1.54, 1.807) is 12.1 Å². The Morgan fingerprint density at radius 2 is 1.94 bits per heavy atom. The van der Waals surface area contributed by atoms with Crippen LogP contribution in [-0.2, 0) is 6.42 Å². The lowest BCUT2D eigenvalue weighted by molar-refractivity contribution is 0.161. The van der Waals surface area contributed by atoms with Crippen LogP contribution in [0.2, 0.25) is 10.0 Å². The summed E-state index contributed by atoms with van der Waals surface area (Å²) in [7, 11) is 0. The van der Waals surface area contributed by atoms with Crippen molar-refractivity contribution in [3.8, 4) is 0 Å². The summed E-state index contributed by atoms with van der Waals surface area (Å²) in [6.45, 7) is 2.18. The van der Waals surface area contributed by atoms with E-state index in [9.17, 15) is 5.11 Å². The Balaban J connectivity index is 2.39. The van der Waals surface area contributed by atoms with Crippen molar-refractivity contribution in [1.82, 2.24) is 0 Å². The van der Waals surface area contributed by atoms with Gasteiger partial charge in [-0.3, -0.25) is 0 Å². The van der Waals surface area contributed by atoms with Crippen LogP contribution in [0.5, 0.6) is 0 Å². The lowest BCUT2D eigenvalue weighted by atomic mass is 10.0. The van der Waals surface area contributed by atoms with E-state index >= 15 is 0 Å². The molecule has 96 valence electrons. The Morgan fingerprint density at radius 1 is 1.18 bits per heavy atom. The van der Waals surface area contributed by atoms with E-state index in [0.717, 1.165) is 18.4 Å². The van der Waals surface area contributed by atoms with Crippen molar-refractivity contribution < 1.29 is 5.11 Å². The van der Waals surface area contributed by atoms with Crippen molar-refractivity contribution in [2.75, 3.05) is 0 Å². The molecule has 0 saturated carbocycles. The van der Waals surface area contributed by atoms with Crippen molar-refractivity contribution in [2.24, 2.45) is 0 Å². The third-order valence-corrected chi connectivity index (χ3v) is 3.46. The van der Waals surface area contributed by atoms with Gasteiger partial charge in [0.2, 0.25) is 0 Å². The molecule has 0 amide bonds. The van der Waals surface area contributed by atoms with E-state index in [2.05, 4.69) is 6.92 Å². The number of rotatable bonds is 7. The molecule has 0 aliphatic rings. The predicted octanol–water partition coefficient (Wildman–Crippen LogP) is 4.87. The Bertz CT molecular complexity index is 339. The maximum absolute atomic E-state index is 9.92. The van der Waals surface area contributed by atoms with Crippen LogP contribution in [0.1, 0.15) is 44.6 Å². The molecule has 1 unspecified atom stereocenters. The molecule has 17 heavy (non-hydrogen) atoms. The molecule has 1 N–H and O–H groups in total. The van der Waals surface area contributed by atoms with E-state index in [1.165, 1.54) is 19.3 Å². The molecule has 0 spiro atoms. The van der Waals surface area contributed by atoms with Crippen molar-refractivity contribution >= 4 is 23.2 Å². The molecule has 0 aliphatic carbocycles. The summed E-state index contributed by atoms with van der Waals surface area (Å²) in [5.41, 5.74) is 0.933. The standard InChI is InChI=1S/C14H20Cl2O/c1-2-3-4-5-6-13(17)10-11-9-12(15)7-8-14(11)16/h7-9,13,17H,2-6,10H2,1H3. The zero-order chi connectivity index (χ0) is 12.7. The fourth-order valence-corrected chi connectivity index (χ4v) is 2.25. The van der Waals surface area contributed by atoms with Gasteiger partial charge < -0.3 is 5.11 Å². The summed E-state index contributed by atoms with van der Waals surface area (Å²) in [6, 6.07) is 5.38. The van der Waals surface area contributed by atoms with Crippen LogP contribution < -0.4 is 0 Å². The lowest BCUT2D eigenvalue weighted by Crippen LogP contribution is -2.10. The minimum absolute atomic E-state index is 0.317. The average Bonchev–Trinajstić information content (AvgIpc) is 2.29. The Kier molecular flexibility index (Phi) is 6.94. The monoisotopic (exact) mass is 274 g/mol. The summed E-state index contributed by atoms with van der Waals surface area (Å²) in [5, 5.41) is 11.3. The minimum atomic E-state index is -0.317. The lowest BCUT2D eigenvalue weighted by Gasteiger charge is -2.11. The first-order valence-corrected chi connectivity index (χ1v) is 7.01. The van der Waals surface area contributed by atoms with Gasteiger partial charge in [0, 0.05) is 10.0 Å². The number of halogens is 2. The molecule has 1 nitrogen and oxygen atoms in total.